The molecule has 3 rings (SSSR count). The SMILES string of the molecule is [CH2]c1cc(Oc2ccc(C#N)cc2)ccc1B1OC(C)(C)C(C)(C)O1. The predicted octanol–water partition coefficient (Wildman–Crippen LogP) is 3.83. The highest BCUT2D eigenvalue weighted by Gasteiger charge is 2.52. The van der Waals surface area contributed by atoms with Gasteiger partial charge in [0.1, 0.15) is 11.5 Å². The van der Waals surface area contributed by atoms with Gasteiger partial charge in [0.05, 0.1) is 22.8 Å². The minimum absolute atomic E-state index is 0.387. The van der Waals surface area contributed by atoms with E-state index >= 15 is 0 Å². The Labute approximate surface area is 149 Å². The van der Waals surface area contributed by atoms with Gasteiger partial charge in [-0.05, 0) is 82.0 Å². The molecule has 0 bridgehead atoms. The van der Waals surface area contributed by atoms with Gasteiger partial charge in [-0.15, -0.1) is 0 Å². The first kappa shape index (κ1) is 17.5. The van der Waals surface area contributed by atoms with Crippen molar-refractivity contribution in [3.63, 3.8) is 0 Å². The lowest BCUT2D eigenvalue weighted by atomic mass is 9.76. The summed E-state index contributed by atoms with van der Waals surface area (Å²) >= 11 is 0. The fraction of sp³-hybridized carbons (Fsp3) is 0.300. The van der Waals surface area contributed by atoms with Crippen molar-refractivity contribution in [2.45, 2.75) is 38.9 Å². The van der Waals surface area contributed by atoms with Gasteiger partial charge in [-0.25, -0.2) is 0 Å². The lowest BCUT2D eigenvalue weighted by molar-refractivity contribution is 0.00578. The Morgan fingerprint density at radius 3 is 2.04 bits per heavy atom. The Kier molecular flexibility index (Phi) is 4.36. The predicted molar refractivity (Wildman–Crippen MR) is 97.8 cm³/mol. The van der Waals surface area contributed by atoms with Crippen LogP contribution in [0.1, 0.15) is 38.8 Å². The smallest absolute Gasteiger partial charge is 0.457 e. The highest BCUT2D eigenvalue weighted by molar-refractivity contribution is 6.62. The molecule has 0 atom stereocenters. The molecule has 1 fully saturated rings. The van der Waals surface area contributed by atoms with Crippen LogP contribution in [0.5, 0.6) is 11.5 Å². The summed E-state index contributed by atoms with van der Waals surface area (Å²) in [7, 11) is -0.443. The average Bonchev–Trinajstić information content (AvgIpc) is 2.76. The molecule has 0 spiro atoms. The molecule has 2 aromatic carbocycles. The second-order valence-corrected chi connectivity index (χ2v) is 7.19. The fourth-order valence-corrected chi connectivity index (χ4v) is 2.58. The maximum absolute atomic E-state index is 8.84. The molecule has 1 saturated heterocycles. The monoisotopic (exact) mass is 334 g/mol. The summed E-state index contributed by atoms with van der Waals surface area (Å²) in [4.78, 5) is 0. The Balaban J connectivity index is 1.78. The van der Waals surface area contributed by atoms with Crippen LogP contribution in [0.3, 0.4) is 0 Å². The molecule has 0 aromatic heterocycles. The second-order valence-electron chi connectivity index (χ2n) is 7.19. The van der Waals surface area contributed by atoms with Gasteiger partial charge in [-0.2, -0.15) is 5.26 Å². The van der Waals surface area contributed by atoms with E-state index in [0.29, 0.717) is 17.1 Å². The Morgan fingerprint density at radius 1 is 0.960 bits per heavy atom. The van der Waals surface area contributed by atoms with Gasteiger partial charge >= 0.3 is 7.12 Å². The normalized spacial score (nSPS) is 18.0. The van der Waals surface area contributed by atoms with Crippen molar-refractivity contribution < 1.29 is 14.0 Å². The zero-order valence-corrected chi connectivity index (χ0v) is 15.0. The van der Waals surface area contributed by atoms with Crippen molar-refractivity contribution in [1.82, 2.24) is 0 Å². The topological polar surface area (TPSA) is 51.5 Å². The van der Waals surface area contributed by atoms with Crippen LogP contribution in [0.25, 0.3) is 0 Å². The van der Waals surface area contributed by atoms with Gasteiger partial charge in [0.25, 0.3) is 0 Å². The molecule has 0 unspecified atom stereocenters. The van der Waals surface area contributed by atoms with E-state index < -0.39 is 7.12 Å². The first-order valence-corrected chi connectivity index (χ1v) is 8.21. The van der Waals surface area contributed by atoms with E-state index in [4.69, 9.17) is 19.3 Å². The minimum Gasteiger partial charge on any atom is -0.457 e. The van der Waals surface area contributed by atoms with Crippen LogP contribution in [0.2, 0.25) is 0 Å². The molecule has 4 nitrogen and oxygen atoms in total. The lowest BCUT2D eigenvalue weighted by Gasteiger charge is -2.32. The van der Waals surface area contributed by atoms with Crippen molar-refractivity contribution >= 4 is 12.6 Å². The zero-order chi connectivity index (χ0) is 18.2. The highest BCUT2D eigenvalue weighted by atomic mass is 16.7. The molecule has 0 N–H and O–H groups in total. The summed E-state index contributed by atoms with van der Waals surface area (Å²) in [6.45, 7) is 12.2. The van der Waals surface area contributed by atoms with E-state index in [-0.39, 0.29) is 11.2 Å². The Morgan fingerprint density at radius 2 is 1.52 bits per heavy atom. The lowest BCUT2D eigenvalue weighted by Crippen LogP contribution is -2.41. The van der Waals surface area contributed by atoms with E-state index in [1.54, 1.807) is 24.3 Å². The minimum atomic E-state index is -0.443. The molecule has 127 valence electrons. The maximum Gasteiger partial charge on any atom is 0.495 e. The van der Waals surface area contributed by atoms with Crippen LogP contribution in [-0.2, 0) is 9.31 Å². The molecular formula is C20H21BNO3. The summed E-state index contributed by atoms with van der Waals surface area (Å²) in [6, 6.07) is 14.7. The highest BCUT2D eigenvalue weighted by Crippen LogP contribution is 2.37. The van der Waals surface area contributed by atoms with Crippen molar-refractivity contribution in [3.05, 3.63) is 60.5 Å². The van der Waals surface area contributed by atoms with E-state index in [2.05, 4.69) is 13.0 Å². The summed E-state index contributed by atoms with van der Waals surface area (Å²) in [5, 5.41) is 8.84. The maximum atomic E-state index is 8.84. The van der Waals surface area contributed by atoms with Gasteiger partial charge < -0.3 is 14.0 Å². The summed E-state index contributed by atoms with van der Waals surface area (Å²) in [6.07, 6.45) is 0. The molecule has 0 saturated carbocycles. The molecule has 1 radical (unpaired) electrons. The molecule has 5 heteroatoms. The molecule has 0 aliphatic carbocycles. The third kappa shape index (κ3) is 3.41. The average molecular weight is 334 g/mol. The zero-order valence-electron chi connectivity index (χ0n) is 15.0. The van der Waals surface area contributed by atoms with Crippen LogP contribution in [0.15, 0.2) is 42.5 Å². The van der Waals surface area contributed by atoms with Crippen molar-refractivity contribution in [3.8, 4) is 17.6 Å². The number of rotatable bonds is 3. The van der Waals surface area contributed by atoms with Crippen LogP contribution in [0, 0.1) is 18.3 Å². The third-order valence-corrected chi connectivity index (χ3v) is 4.84. The van der Waals surface area contributed by atoms with Crippen molar-refractivity contribution in [2.75, 3.05) is 0 Å². The van der Waals surface area contributed by atoms with Gasteiger partial charge in [0.15, 0.2) is 0 Å². The first-order valence-electron chi connectivity index (χ1n) is 8.21. The molecule has 2 aromatic rings. The van der Waals surface area contributed by atoms with Crippen molar-refractivity contribution in [1.29, 1.82) is 5.26 Å². The third-order valence-electron chi connectivity index (χ3n) is 4.84. The Bertz CT molecular complexity index is 806. The largest absolute Gasteiger partial charge is 0.495 e. The van der Waals surface area contributed by atoms with Crippen LogP contribution in [-0.4, -0.2) is 18.3 Å². The number of nitrogens with zero attached hydrogens (tertiary/aromatic N) is 1. The second kappa shape index (κ2) is 6.22. The number of nitriles is 1. The molecule has 1 aliphatic heterocycles. The molecule has 1 heterocycles. The van der Waals surface area contributed by atoms with Crippen LogP contribution >= 0.6 is 0 Å². The van der Waals surface area contributed by atoms with E-state index in [9.17, 15) is 0 Å². The number of hydrogen-bond donors (Lipinski definition) is 0. The van der Waals surface area contributed by atoms with Gasteiger partial charge in [-0.3, -0.25) is 0 Å². The molecular weight excluding hydrogens is 313 g/mol. The van der Waals surface area contributed by atoms with Gasteiger partial charge in [0, 0.05) is 0 Å². The van der Waals surface area contributed by atoms with E-state index in [0.717, 1.165) is 11.0 Å². The fourth-order valence-electron chi connectivity index (χ4n) is 2.58. The van der Waals surface area contributed by atoms with Crippen molar-refractivity contribution in [2.24, 2.45) is 0 Å². The Hall–Kier alpha value is -2.29. The summed E-state index contributed by atoms with van der Waals surface area (Å²) < 4.78 is 18.0. The number of benzene rings is 2. The molecule has 0 amide bonds. The number of hydrogen-bond acceptors (Lipinski definition) is 4. The van der Waals surface area contributed by atoms with Crippen LogP contribution in [0.4, 0.5) is 0 Å². The summed E-state index contributed by atoms with van der Waals surface area (Å²) in [5.74, 6) is 1.34. The summed E-state index contributed by atoms with van der Waals surface area (Å²) in [5.41, 5.74) is 1.51. The molecule has 25 heavy (non-hydrogen) atoms. The van der Waals surface area contributed by atoms with Gasteiger partial charge in [0.2, 0.25) is 0 Å². The first-order chi connectivity index (χ1) is 11.7. The number of ether oxygens (including phenoxy) is 1. The quantitative estimate of drug-likeness (QED) is 0.801. The van der Waals surface area contributed by atoms with Gasteiger partial charge in [-0.1, -0.05) is 6.07 Å². The van der Waals surface area contributed by atoms with Crippen LogP contribution < -0.4 is 10.2 Å². The van der Waals surface area contributed by atoms with E-state index in [1.165, 1.54) is 0 Å². The standard InChI is InChI=1S/C20H21BNO3/c1-14-12-17(23-16-8-6-15(13-22)7-9-16)10-11-18(14)21-24-19(2,3)20(4,5)25-21/h6-12H,1H2,2-5H3. The molecule has 1 aliphatic rings. The van der Waals surface area contributed by atoms with E-state index in [1.807, 2.05) is 45.9 Å².